The molecule has 100 valence electrons. The fourth-order valence-electron chi connectivity index (χ4n) is 1.64. The van der Waals surface area contributed by atoms with Crippen LogP contribution in [0.2, 0.25) is 0 Å². The maximum Gasteiger partial charge on any atom is 0.310 e. The average Bonchev–Trinajstić information content (AvgIpc) is 2.38. The summed E-state index contributed by atoms with van der Waals surface area (Å²) < 4.78 is 4.73. The van der Waals surface area contributed by atoms with Crippen molar-refractivity contribution in [1.82, 2.24) is 0 Å². The summed E-state index contributed by atoms with van der Waals surface area (Å²) in [6.07, 6.45) is -0.314. The maximum atomic E-state index is 11.4. The molecule has 0 heterocycles. The highest BCUT2D eigenvalue weighted by molar-refractivity contribution is 5.75. The van der Waals surface area contributed by atoms with E-state index in [9.17, 15) is 20.0 Å². The number of aliphatic hydroxyl groups is 1. The first kappa shape index (κ1) is 14.6. The molecule has 0 atom stereocenters. The van der Waals surface area contributed by atoms with E-state index >= 15 is 0 Å². The normalized spacial score (nSPS) is 9.74. The van der Waals surface area contributed by atoms with E-state index in [-0.39, 0.29) is 35.4 Å². The van der Waals surface area contributed by atoms with E-state index in [1.165, 1.54) is 6.07 Å². The fourth-order valence-corrected chi connectivity index (χ4v) is 1.64. The molecular formula is C12H12N2O5. The van der Waals surface area contributed by atoms with Gasteiger partial charge in [-0.25, -0.2) is 0 Å². The zero-order chi connectivity index (χ0) is 14.4. The molecule has 1 aromatic rings. The Hall–Kier alpha value is -2.46. The first-order chi connectivity index (χ1) is 9.03. The van der Waals surface area contributed by atoms with Gasteiger partial charge in [0.1, 0.15) is 0 Å². The Morgan fingerprint density at radius 2 is 2.26 bits per heavy atom. The summed E-state index contributed by atoms with van der Waals surface area (Å²) in [7, 11) is 0. The molecule has 0 saturated heterocycles. The number of carbonyl (C=O) groups is 1. The summed E-state index contributed by atoms with van der Waals surface area (Å²) >= 11 is 0. The number of carbonyl (C=O) groups excluding carboxylic acids is 1. The Morgan fingerprint density at radius 1 is 1.58 bits per heavy atom. The SMILES string of the molecule is CCOC(=O)Cc1c(CO)cc(C#N)cc1[N+](=O)[O-]. The number of hydrogen-bond acceptors (Lipinski definition) is 6. The largest absolute Gasteiger partial charge is 0.466 e. The number of aliphatic hydroxyl groups excluding tert-OH is 1. The van der Waals surface area contributed by atoms with Gasteiger partial charge in [-0.2, -0.15) is 5.26 Å². The molecule has 0 amide bonds. The number of nitriles is 1. The molecule has 0 radical (unpaired) electrons. The predicted molar refractivity (Wildman–Crippen MR) is 64.1 cm³/mol. The third-order valence-electron chi connectivity index (χ3n) is 2.44. The second-order valence-corrected chi connectivity index (χ2v) is 3.64. The second-order valence-electron chi connectivity index (χ2n) is 3.64. The van der Waals surface area contributed by atoms with Crippen molar-refractivity contribution in [2.45, 2.75) is 20.0 Å². The van der Waals surface area contributed by atoms with E-state index in [0.29, 0.717) is 0 Å². The first-order valence-electron chi connectivity index (χ1n) is 5.50. The van der Waals surface area contributed by atoms with Crippen LogP contribution >= 0.6 is 0 Å². The monoisotopic (exact) mass is 264 g/mol. The lowest BCUT2D eigenvalue weighted by Crippen LogP contribution is -2.11. The molecular weight excluding hydrogens is 252 g/mol. The van der Waals surface area contributed by atoms with Gasteiger partial charge < -0.3 is 9.84 Å². The van der Waals surface area contributed by atoms with Crippen LogP contribution < -0.4 is 0 Å². The standard InChI is InChI=1S/C12H12N2O5/c1-2-19-12(16)5-10-9(7-15)3-8(6-13)4-11(10)14(17)18/h3-4,15H,2,5,7H2,1H3. The van der Waals surface area contributed by atoms with Crippen LogP contribution in [-0.2, 0) is 22.6 Å². The molecule has 19 heavy (non-hydrogen) atoms. The molecule has 7 heteroatoms. The summed E-state index contributed by atoms with van der Waals surface area (Å²) in [5.41, 5.74) is -0.0525. The molecule has 1 N–H and O–H groups in total. The Kier molecular flexibility index (Phi) is 4.97. The summed E-state index contributed by atoms with van der Waals surface area (Å²) in [5.74, 6) is -0.620. The second kappa shape index (κ2) is 6.47. The molecule has 0 aromatic heterocycles. The number of ether oxygens (including phenoxy) is 1. The number of esters is 1. The van der Waals surface area contributed by atoms with Crippen LogP contribution in [0.3, 0.4) is 0 Å². The van der Waals surface area contributed by atoms with Crippen molar-refractivity contribution >= 4 is 11.7 Å². The first-order valence-corrected chi connectivity index (χ1v) is 5.50. The molecule has 0 aliphatic carbocycles. The van der Waals surface area contributed by atoms with E-state index < -0.39 is 17.5 Å². The van der Waals surface area contributed by atoms with Crippen LogP contribution in [0.5, 0.6) is 0 Å². The van der Waals surface area contributed by atoms with Crippen LogP contribution in [0.25, 0.3) is 0 Å². The highest BCUT2D eigenvalue weighted by Gasteiger charge is 2.22. The quantitative estimate of drug-likeness (QED) is 0.483. The van der Waals surface area contributed by atoms with Gasteiger partial charge in [-0.15, -0.1) is 0 Å². The third-order valence-corrected chi connectivity index (χ3v) is 2.44. The van der Waals surface area contributed by atoms with Crippen LogP contribution in [0.1, 0.15) is 23.6 Å². The van der Waals surface area contributed by atoms with Gasteiger partial charge in [0.25, 0.3) is 5.69 Å². The topological polar surface area (TPSA) is 113 Å². The minimum Gasteiger partial charge on any atom is -0.466 e. The van der Waals surface area contributed by atoms with Crippen molar-refractivity contribution < 1.29 is 19.6 Å². The Balaban J connectivity index is 3.30. The summed E-state index contributed by atoms with van der Waals surface area (Å²) in [6.45, 7) is 1.29. The minimum atomic E-state index is -0.686. The number of nitro benzene ring substituents is 1. The number of nitrogens with zero attached hydrogens (tertiary/aromatic N) is 2. The van der Waals surface area contributed by atoms with Crippen LogP contribution in [-0.4, -0.2) is 22.6 Å². The smallest absolute Gasteiger partial charge is 0.310 e. The lowest BCUT2D eigenvalue weighted by Gasteiger charge is -2.08. The van der Waals surface area contributed by atoms with Gasteiger partial charge in [-0.3, -0.25) is 14.9 Å². The van der Waals surface area contributed by atoms with Crippen molar-refractivity contribution in [3.8, 4) is 6.07 Å². The van der Waals surface area contributed by atoms with Crippen LogP contribution in [0.15, 0.2) is 12.1 Å². The number of hydrogen-bond donors (Lipinski definition) is 1. The van der Waals surface area contributed by atoms with Gasteiger partial charge in [0.2, 0.25) is 0 Å². The highest BCUT2D eigenvalue weighted by Crippen LogP contribution is 2.25. The molecule has 1 rings (SSSR count). The molecule has 0 saturated carbocycles. The van der Waals surface area contributed by atoms with Crippen LogP contribution in [0.4, 0.5) is 5.69 Å². The predicted octanol–water partition coefficient (Wildman–Crippen LogP) is 1.06. The fraction of sp³-hybridized carbons (Fsp3) is 0.333. The highest BCUT2D eigenvalue weighted by atomic mass is 16.6. The van der Waals surface area contributed by atoms with Crippen molar-refractivity contribution in [3.63, 3.8) is 0 Å². The minimum absolute atomic E-state index is 0.0587. The van der Waals surface area contributed by atoms with Gasteiger partial charge in [-0.1, -0.05) is 0 Å². The molecule has 0 bridgehead atoms. The van der Waals surface area contributed by atoms with Gasteiger partial charge in [0.15, 0.2) is 0 Å². The number of rotatable bonds is 5. The van der Waals surface area contributed by atoms with Gasteiger partial charge in [0, 0.05) is 11.6 Å². The summed E-state index contributed by atoms with van der Waals surface area (Å²) in [5, 5.41) is 28.9. The van der Waals surface area contributed by atoms with Crippen molar-refractivity contribution in [3.05, 3.63) is 38.9 Å². The molecule has 0 aliphatic rings. The van der Waals surface area contributed by atoms with E-state index in [2.05, 4.69) is 0 Å². The average molecular weight is 264 g/mol. The number of nitro groups is 1. The molecule has 0 spiro atoms. The summed E-state index contributed by atoms with van der Waals surface area (Å²) in [6, 6.07) is 4.17. The van der Waals surface area contributed by atoms with E-state index in [1.807, 2.05) is 0 Å². The molecule has 7 nitrogen and oxygen atoms in total. The Bertz CT molecular complexity index is 548. The maximum absolute atomic E-state index is 11.4. The lowest BCUT2D eigenvalue weighted by atomic mass is 10.00. The lowest BCUT2D eigenvalue weighted by molar-refractivity contribution is -0.385. The van der Waals surface area contributed by atoms with Crippen molar-refractivity contribution in [2.75, 3.05) is 6.61 Å². The number of benzene rings is 1. The molecule has 1 aromatic carbocycles. The van der Waals surface area contributed by atoms with Gasteiger partial charge in [0.05, 0.1) is 36.2 Å². The Morgan fingerprint density at radius 3 is 2.74 bits per heavy atom. The van der Waals surface area contributed by atoms with Crippen molar-refractivity contribution in [1.29, 1.82) is 5.26 Å². The molecule has 0 fully saturated rings. The van der Waals surface area contributed by atoms with E-state index in [0.717, 1.165) is 6.07 Å². The Labute approximate surface area is 109 Å². The zero-order valence-electron chi connectivity index (χ0n) is 10.3. The summed E-state index contributed by atoms with van der Waals surface area (Å²) in [4.78, 5) is 21.7. The van der Waals surface area contributed by atoms with Gasteiger partial charge in [-0.05, 0) is 18.6 Å². The zero-order valence-corrected chi connectivity index (χ0v) is 10.3. The van der Waals surface area contributed by atoms with Gasteiger partial charge >= 0.3 is 5.97 Å². The molecule has 0 aliphatic heterocycles. The van der Waals surface area contributed by atoms with E-state index in [4.69, 9.17) is 10.00 Å². The van der Waals surface area contributed by atoms with Crippen LogP contribution in [0, 0.1) is 21.4 Å². The molecule has 0 unspecified atom stereocenters. The third kappa shape index (κ3) is 3.50. The van der Waals surface area contributed by atoms with E-state index in [1.54, 1.807) is 13.0 Å². The van der Waals surface area contributed by atoms with Crippen molar-refractivity contribution in [2.24, 2.45) is 0 Å².